The van der Waals surface area contributed by atoms with Gasteiger partial charge in [0, 0.05) is 30.1 Å². The summed E-state index contributed by atoms with van der Waals surface area (Å²) in [5.74, 6) is -1.09. The van der Waals surface area contributed by atoms with E-state index in [0.717, 1.165) is 17.3 Å². The molecule has 1 unspecified atom stereocenters. The topological polar surface area (TPSA) is 118 Å². The Hall–Kier alpha value is -2.55. The Morgan fingerprint density at radius 3 is 2.90 bits per heavy atom. The van der Waals surface area contributed by atoms with Gasteiger partial charge >= 0.3 is 5.97 Å². The summed E-state index contributed by atoms with van der Waals surface area (Å²) in [7, 11) is 0. The van der Waals surface area contributed by atoms with Crippen LogP contribution in [-0.2, 0) is 0 Å². The van der Waals surface area contributed by atoms with Gasteiger partial charge in [-0.2, -0.15) is 0 Å². The van der Waals surface area contributed by atoms with Crippen molar-refractivity contribution in [1.82, 2.24) is 9.97 Å². The van der Waals surface area contributed by atoms with Crippen molar-refractivity contribution in [1.29, 1.82) is 0 Å². The second-order valence-corrected chi connectivity index (χ2v) is 5.23. The number of carbonyl (C=O) groups is 1. The highest BCUT2D eigenvalue weighted by atomic mass is 32.1. The lowest BCUT2D eigenvalue weighted by atomic mass is 10.2. The molecule has 0 saturated heterocycles. The Labute approximate surface area is 123 Å². The highest BCUT2D eigenvalue weighted by molar-refractivity contribution is 7.09. The van der Waals surface area contributed by atoms with Gasteiger partial charge in [0.2, 0.25) is 0 Å². The number of carboxylic acid groups (broad SMARTS) is 1. The van der Waals surface area contributed by atoms with Crippen molar-refractivity contribution in [2.75, 3.05) is 11.9 Å². The molecule has 2 aromatic heterocycles. The molecule has 9 heteroatoms. The van der Waals surface area contributed by atoms with E-state index in [4.69, 9.17) is 5.11 Å². The molecule has 0 aromatic carbocycles. The van der Waals surface area contributed by atoms with Crippen LogP contribution in [0.25, 0.3) is 0 Å². The summed E-state index contributed by atoms with van der Waals surface area (Å²) in [6, 6.07) is 0.992. The first-order valence-electron chi connectivity index (χ1n) is 6.00. The van der Waals surface area contributed by atoms with Crippen molar-refractivity contribution in [2.24, 2.45) is 0 Å². The van der Waals surface area contributed by atoms with Gasteiger partial charge in [0.05, 0.1) is 9.93 Å². The average molecular weight is 308 g/mol. The number of carboxylic acids is 1. The highest BCUT2D eigenvalue weighted by Crippen LogP contribution is 2.22. The van der Waals surface area contributed by atoms with Gasteiger partial charge in [0.1, 0.15) is 17.6 Å². The molecule has 2 N–H and O–H groups in total. The van der Waals surface area contributed by atoms with Gasteiger partial charge in [0.25, 0.3) is 5.69 Å². The second kappa shape index (κ2) is 6.27. The summed E-state index contributed by atoms with van der Waals surface area (Å²) >= 11 is 1.51. The van der Waals surface area contributed by atoms with Crippen LogP contribution in [0.3, 0.4) is 0 Å². The van der Waals surface area contributed by atoms with Crippen LogP contribution in [-0.4, -0.2) is 32.5 Å². The normalized spacial score (nSPS) is 11.9. The van der Waals surface area contributed by atoms with Gasteiger partial charge in [-0.25, -0.2) is 14.8 Å². The van der Waals surface area contributed by atoms with Crippen LogP contribution in [0.5, 0.6) is 0 Å². The maximum absolute atomic E-state index is 11.2. The van der Waals surface area contributed by atoms with Gasteiger partial charge in [-0.3, -0.25) is 10.1 Å². The molecular weight excluding hydrogens is 296 g/mol. The minimum Gasteiger partial charge on any atom is -0.478 e. The lowest BCUT2D eigenvalue weighted by Gasteiger charge is -2.12. The summed E-state index contributed by atoms with van der Waals surface area (Å²) in [4.78, 5) is 29.1. The SMILES string of the molecule is CC(CNc1ncc([N+](=O)[O-])cc1C(=O)O)c1nccs1. The molecule has 0 bridgehead atoms. The first-order chi connectivity index (χ1) is 9.99. The summed E-state index contributed by atoms with van der Waals surface area (Å²) in [6.45, 7) is 2.37. The first kappa shape index (κ1) is 14.9. The molecule has 0 aliphatic carbocycles. The zero-order valence-corrected chi connectivity index (χ0v) is 11.8. The fourth-order valence-corrected chi connectivity index (χ4v) is 2.37. The summed E-state index contributed by atoms with van der Waals surface area (Å²) < 4.78 is 0. The maximum atomic E-state index is 11.2. The molecule has 0 radical (unpaired) electrons. The highest BCUT2D eigenvalue weighted by Gasteiger charge is 2.18. The predicted octanol–water partition coefficient (Wildman–Crippen LogP) is 2.36. The minimum absolute atomic E-state index is 0.0728. The molecule has 8 nitrogen and oxygen atoms in total. The maximum Gasteiger partial charge on any atom is 0.339 e. The number of rotatable bonds is 6. The number of anilines is 1. The Morgan fingerprint density at radius 1 is 1.57 bits per heavy atom. The van der Waals surface area contributed by atoms with Crippen LogP contribution in [0, 0.1) is 10.1 Å². The van der Waals surface area contributed by atoms with Crippen molar-refractivity contribution in [3.63, 3.8) is 0 Å². The second-order valence-electron chi connectivity index (χ2n) is 4.30. The molecule has 0 amide bonds. The van der Waals surface area contributed by atoms with Crippen LogP contribution >= 0.6 is 11.3 Å². The van der Waals surface area contributed by atoms with Crippen molar-refractivity contribution >= 4 is 28.8 Å². The molecular formula is C12H12N4O4S. The van der Waals surface area contributed by atoms with Crippen LogP contribution in [0.4, 0.5) is 11.5 Å². The van der Waals surface area contributed by atoms with Crippen molar-refractivity contribution in [3.05, 3.63) is 44.5 Å². The van der Waals surface area contributed by atoms with Crippen LogP contribution in [0.2, 0.25) is 0 Å². The van der Waals surface area contributed by atoms with Gasteiger partial charge < -0.3 is 10.4 Å². The molecule has 2 rings (SSSR count). The summed E-state index contributed by atoms with van der Waals surface area (Å²) in [5.41, 5.74) is -0.582. The molecule has 0 fully saturated rings. The Bertz CT molecular complexity index is 659. The number of nitro groups is 1. The molecule has 2 heterocycles. The zero-order chi connectivity index (χ0) is 15.4. The number of nitrogens with zero attached hydrogens (tertiary/aromatic N) is 3. The number of pyridine rings is 1. The van der Waals surface area contributed by atoms with Crippen LogP contribution in [0.15, 0.2) is 23.8 Å². The molecule has 110 valence electrons. The van der Waals surface area contributed by atoms with Crippen LogP contribution < -0.4 is 5.32 Å². The number of nitrogens with one attached hydrogen (secondary N) is 1. The van der Waals surface area contributed by atoms with E-state index in [2.05, 4.69) is 15.3 Å². The van der Waals surface area contributed by atoms with Crippen molar-refractivity contribution < 1.29 is 14.8 Å². The Balaban J connectivity index is 2.16. The summed E-state index contributed by atoms with van der Waals surface area (Å²) in [5, 5.41) is 25.4. The number of aromatic nitrogens is 2. The predicted molar refractivity (Wildman–Crippen MR) is 76.9 cm³/mol. The third-order valence-corrected chi connectivity index (χ3v) is 3.77. The van der Waals surface area contributed by atoms with Gasteiger partial charge in [-0.15, -0.1) is 11.3 Å². The quantitative estimate of drug-likeness (QED) is 0.621. The van der Waals surface area contributed by atoms with E-state index < -0.39 is 10.9 Å². The molecule has 21 heavy (non-hydrogen) atoms. The fourth-order valence-electron chi connectivity index (χ4n) is 1.67. The van der Waals surface area contributed by atoms with E-state index in [-0.39, 0.29) is 23.0 Å². The zero-order valence-electron chi connectivity index (χ0n) is 11.0. The monoisotopic (exact) mass is 308 g/mol. The summed E-state index contributed by atoms with van der Waals surface area (Å²) in [6.07, 6.45) is 2.73. The van der Waals surface area contributed by atoms with E-state index in [1.807, 2.05) is 12.3 Å². The third kappa shape index (κ3) is 3.51. The number of thiazole rings is 1. The van der Waals surface area contributed by atoms with Crippen LogP contribution in [0.1, 0.15) is 28.2 Å². The largest absolute Gasteiger partial charge is 0.478 e. The number of hydrogen-bond acceptors (Lipinski definition) is 7. The Kier molecular flexibility index (Phi) is 4.43. The number of hydrogen-bond donors (Lipinski definition) is 2. The van der Waals surface area contributed by atoms with Gasteiger partial charge in [-0.1, -0.05) is 6.92 Å². The molecule has 2 aromatic rings. The van der Waals surface area contributed by atoms with Gasteiger partial charge in [-0.05, 0) is 0 Å². The average Bonchev–Trinajstić information content (AvgIpc) is 2.98. The lowest BCUT2D eigenvalue weighted by molar-refractivity contribution is -0.385. The standard InChI is InChI=1S/C12H12N4O4S/c1-7(11-13-2-3-21-11)5-14-10-9(12(17)18)4-8(6-15-10)16(19)20/h2-4,6-7H,5H2,1H3,(H,14,15)(H,17,18). The van der Waals surface area contributed by atoms with E-state index in [1.54, 1.807) is 6.20 Å². The first-order valence-corrected chi connectivity index (χ1v) is 6.88. The van der Waals surface area contributed by atoms with Crippen molar-refractivity contribution in [2.45, 2.75) is 12.8 Å². The molecule has 0 saturated carbocycles. The smallest absolute Gasteiger partial charge is 0.339 e. The van der Waals surface area contributed by atoms with E-state index in [9.17, 15) is 14.9 Å². The van der Waals surface area contributed by atoms with E-state index in [1.165, 1.54) is 11.3 Å². The molecule has 1 atom stereocenters. The minimum atomic E-state index is -1.27. The Morgan fingerprint density at radius 2 is 2.33 bits per heavy atom. The number of aromatic carboxylic acids is 1. The molecule has 0 aliphatic rings. The van der Waals surface area contributed by atoms with E-state index in [0.29, 0.717) is 6.54 Å². The van der Waals surface area contributed by atoms with E-state index >= 15 is 0 Å². The lowest BCUT2D eigenvalue weighted by Crippen LogP contribution is -2.14. The molecule has 0 aliphatic heterocycles. The van der Waals surface area contributed by atoms with Crippen molar-refractivity contribution in [3.8, 4) is 0 Å². The third-order valence-electron chi connectivity index (χ3n) is 2.76. The van der Waals surface area contributed by atoms with Gasteiger partial charge in [0.15, 0.2) is 0 Å². The molecule has 0 spiro atoms. The fraction of sp³-hybridized carbons (Fsp3) is 0.250.